The predicted octanol–water partition coefficient (Wildman–Crippen LogP) is 3.49. The normalized spacial score (nSPS) is 12.0. The summed E-state index contributed by atoms with van der Waals surface area (Å²) in [5.74, 6) is 3.47. The highest BCUT2D eigenvalue weighted by Crippen LogP contribution is 2.32. The Kier molecular flexibility index (Phi) is 9.35. The van der Waals surface area contributed by atoms with E-state index in [1.807, 2.05) is 11.8 Å². The van der Waals surface area contributed by atoms with Crippen molar-refractivity contribution in [3.05, 3.63) is 0 Å². The van der Waals surface area contributed by atoms with Crippen LogP contribution >= 0.6 is 24.4 Å². The minimum Gasteiger partial charge on any atom is -0.385 e. The van der Waals surface area contributed by atoms with Crippen molar-refractivity contribution in [1.82, 2.24) is 0 Å². The molecule has 86 valence electrons. The van der Waals surface area contributed by atoms with Crippen molar-refractivity contribution in [2.24, 2.45) is 5.41 Å². The second kappa shape index (κ2) is 8.93. The van der Waals surface area contributed by atoms with Gasteiger partial charge in [0.25, 0.3) is 0 Å². The third kappa shape index (κ3) is 5.52. The van der Waals surface area contributed by atoms with Gasteiger partial charge in [0.1, 0.15) is 0 Å². The van der Waals surface area contributed by atoms with E-state index in [1.54, 1.807) is 7.11 Å². The lowest BCUT2D eigenvalue weighted by Gasteiger charge is -2.29. The van der Waals surface area contributed by atoms with Gasteiger partial charge in [-0.05, 0) is 41.9 Å². The van der Waals surface area contributed by atoms with Gasteiger partial charge in [-0.15, -0.1) is 0 Å². The molecule has 0 fully saturated rings. The SMILES string of the molecule is CCC(CC)(CS)CSCCCOC. The van der Waals surface area contributed by atoms with Crippen molar-refractivity contribution >= 4 is 24.4 Å². The fourth-order valence-electron chi connectivity index (χ4n) is 1.32. The van der Waals surface area contributed by atoms with E-state index in [2.05, 4.69) is 26.5 Å². The molecule has 0 atom stereocenters. The standard InChI is InChI=1S/C11H24OS2/c1-4-11(5-2,9-13)10-14-8-6-7-12-3/h13H,4-10H2,1-3H3. The van der Waals surface area contributed by atoms with Crippen molar-refractivity contribution in [1.29, 1.82) is 0 Å². The summed E-state index contributed by atoms with van der Waals surface area (Å²) in [6, 6.07) is 0. The van der Waals surface area contributed by atoms with Crippen LogP contribution in [0.2, 0.25) is 0 Å². The highest BCUT2D eigenvalue weighted by Gasteiger charge is 2.23. The summed E-state index contributed by atoms with van der Waals surface area (Å²) in [4.78, 5) is 0. The van der Waals surface area contributed by atoms with Crippen LogP contribution in [0.3, 0.4) is 0 Å². The van der Waals surface area contributed by atoms with Gasteiger partial charge in [-0.3, -0.25) is 0 Å². The Hall–Kier alpha value is 0.660. The van der Waals surface area contributed by atoms with Gasteiger partial charge in [-0.25, -0.2) is 0 Å². The first kappa shape index (κ1) is 14.7. The third-order valence-corrected chi connectivity index (χ3v) is 4.95. The molecule has 0 aliphatic heterocycles. The average Bonchev–Trinajstić information content (AvgIpc) is 2.24. The largest absolute Gasteiger partial charge is 0.385 e. The lowest BCUT2D eigenvalue weighted by Crippen LogP contribution is -2.24. The Morgan fingerprint density at radius 1 is 1.29 bits per heavy atom. The molecule has 0 aliphatic rings. The molecule has 3 heteroatoms. The van der Waals surface area contributed by atoms with Crippen LogP contribution in [-0.4, -0.2) is 31.0 Å². The van der Waals surface area contributed by atoms with Crippen molar-refractivity contribution in [2.75, 3.05) is 31.0 Å². The van der Waals surface area contributed by atoms with E-state index in [1.165, 1.54) is 24.3 Å². The lowest BCUT2D eigenvalue weighted by atomic mass is 9.87. The summed E-state index contributed by atoms with van der Waals surface area (Å²) in [6.45, 7) is 5.43. The second-order valence-electron chi connectivity index (χ2n) is 3.76. The molecule has 0 spiro atoms. The molecule has 0 saturated carbocycles. The van der Waals surface area contributed by atoms with Crippen molar-refractivity contribution in [3.63, 3.8) is 0 Å². The van der Waals surface area contributed by atoms with Gasteiger partial charge in [0.05, 0.1) is 0 Å². The zero-order valence-corrected chi connectivity index (χ0v) is 11.4. The van der Waals surface area contributed by atoms with Crippen LogP contribution in [0.4, 0.5) is 0 Å². The van der Waals surface area contributed by atoms with Gasteiger partial charge in [0.2, 0.25) is 0 Å². The second-order valence-corrected chi connectivity index (χ2v) is 5.19. The summed E-state index contributed by atoms with van der Waals surface area (Å²) >= 11 is 6.51. The molecule has 0 aromatic carbocycles. The smallest absolute Gasteiger partial charge is 0.0470 e. The number of ether oxygens (including phenoxy) is 1. The molecule has 0 unspecified atom stereocenters. The van der Waals surface area contributed by atoms with Gasteiger partial charge in [0, 0.05) is 13.7 Å². The van der Waals surface area contributed by atoms with E-state index in [0.29, 0.717) is 5.41 Å². The zero-order valence-electron chi connectivity index (χ0n) is 9.71. The van der Waals surface area contributed by atoms with Crippen LogP contribution in [0.5, 0.6) is 0 Å². The van der Waals surface area contributed by atoms with Crippen molar-refractivity contribution in [2.45, 2.75) is 33.1 Å². The first-order chi connectivity index (χ1) is 6.74. The number of thioether (sulfide) groups is 1. The van der Waals surface area contributed by atoms with Gasteiger partial charge in [-0.2, -0.15) is 24.4 Å². The van der Waals surface area contributed by atoms with E-state index in [0.717, 1.165) is 18.8 Å². The topological polar surface area (TPSA) is 9.23 Å². The summed E-state index contributed by atoms with van der Waals surface area (Å²) < 4.78 is 5.02. The first-order valence-electron chi connectivity index (χ1n) is 5.42. The van der Waals surface area contributed by atoms with E-state index in [9.17, 15) is 0 Å². The number of hydrogen-bond acceptors (Lipinski definition) is 3. The lowest BCUT2D eigenvalue weighted by molar-refractivity contribution is 0.200. The van der Waals surface area contributed by atoms with Crippen LogP contribution in [0, 0.1) is 5.41 Å². The fourth-order valence-corrected chi connectivity index (χ4v) is 3.44. The Balaban J connectivity index is 3.61. The number of methoxy groups -OCH3 is 1. The molecular weight excluding hydrogens is 212 g/mol. The minimum absolute atomic E-state index is 0.459. The van der Waals surface area contributed by atoms with Crippen molar-refractivity contribution < 1.29 is 4.74 Å². The van der Waals surface area contributed by atoms with E-state index >= 15 is 0 Å². The summed E-state index contributed by atoms with van der Waals surface area (Å²) in [6.07, 6.45) is 3.64. The molecule has 0 radical (unpaired) electrons. The van der Waals surface area contributed by atoms with E-state index in [-0.39, 0.29) is 0 Å². The van der Waals surface area contributed by atoms with Crippen LogP contribution in [0.1, 0.15) is 33.1 Å². The zero-order chi connectivity index (χ0) is 10.9. The fraction of sp³-hybridized carbons (Fsp3) is 1.00. The van der Waals surface area contributed by atoms with Gasteiger partial charge >= 0.3 is 0 Å². The van der Waals surface area contributed by atoms with Crippen LogP contribution in [0.25, 0.3) is 0 Å². The molecule has 0 rings (SSSR count). The molecule has 0 amide bonds. The highest BCUT2D eigenvalue weighted by molar-refractivity contribution is 7.99. The highest BCUT2D eigenvalue weighted by atomic mass is 32.2. The van der Waals surface area contributed by atoms with Crippen LogP contribution < -0.4 is 0 Å². The molecule has 0 bridgehead atoms. The van der Waals surface area contributed by atoms with Crippen LogP contribution in [0.15, 0.2) is 0 Å². The first-order valence-corrected chi connectivity index (χ1v) is 7.21. The minimum atomic E-state index is 0.459. The molecular formula is C11H24OS2. The Morgan fingerprint density at radius 2 is 1.93 bits per heavy atom. The molecule has 1 nitrogen and oxygen atoms in total. The predicted molar refractivity (Wildman–Crippen MR) is 70.7 cm³/mol. The molecule has 0 N–H and O–H groups in total. The summed E-state index contributed by atoms with van der Waals surface area (Å²) in [5.41, 5.74) is 0.459. The molecule has 14 heavy (non-hydrogen) atoms. The van der Waals surface area contributed by atoms with Gasteiger partial charge in [0.15, 0.2) is 0 Å². The molecule has 0 heterocycles. The third-order valence-electron chi connectivity index (χ3n) is 2.88. The number of rotatable bonds is 9. The van der Waals surface area contributed by atoms with Gasteiger partial charge < -0.3 is 4.74 Å². The van der Waals surface area contributed by atoms with Gasteiger partial charge in [-0.1, -0.05) is 13.8 Å². The van der Waals surface area contributed by atoms with Crippen molar-refractivity contribution in [3.8, 4) is 0 Å². The maximum Gasteiger partial charge on any atom is 0.0470 e. The maximum absolute atomic E-state index is 5.02. The number of hydrogen-bond donors (Lipinski definition) is 1. The summed E-state index contributed by atoms with van der Waals surface area (Å²) in [5, 5.41) is 0. The molecule has 0 aliphatic carbocycles. The quantitative estimate of drug-likeness (QED) is 0.485. The molecule has 0 aromatic heterocycles. The molecule has 0 aromatic rings. The Bertz CT molecular complexity index is 116. The number of thiol groups is 1. The van der Waals surface area contributed by atoms with E-state index in [4.69, 9.17) is 4.74 Å². The molecule has 0 saturated heterocycles. The summed E-state index contributed by atoms with van der Waals surface area (Å²) in [7, 11) is 1.76. The Morgan fingerprint density at radius 3 is 2.36 bits per heavy atom. The van der Waals surface area contributed by atoms with E-state index < -0.39 is 0 Å². The van der Waals surface area contributed by atoms with Crippen LogP contribution in [-0.2, 0) is 4.74 Å². The maximum atomic E-state index is 5.02. The Labute approximate surface area is 98.8 Å². The monoisotopic (exact) mass is 236 g/mol. The average molecular weight is 236 g/mol.